The van der Waals surface area contributed by atoms with Crippen LogP contribution in [-0.2, 0) is 6.54 Å². The number of amides is 1. The van der Waals surface area contributed by atoms with Crippen molar-refractivity contribution in [2.24, 2.45) is 0 Å². The summed E-state index contributed by atoms with van der Waals surface area (Å²) in [5.74, 6) is -0.0857. The Morgan fingerprint density at radius 2 is 2.28 bits per heavy atom. The van der Waals surface area contributed by atoms with Crippen LogP contribution in [0.3, 0.4) is 0 Å². The van der Waals surface area contributed by atoms with Gasteiger partial charge in [-0.05, 0) is 19.1 Å². The molecule has 0 aliphatic rings. The number of hydrogen-bond acceptors (Lipinski definition) is 3. The van der Waals surface area contributed by atoms with Crippen LogP contribution < -0.4 is 5.73 Å². The first-order valence-electron chi connectivity index (χ1n) is 5.67. The second kappa shape index (κ2) is 4.91. The number of anilines is 1. The lowest BCUT2D eigenvalue weighted by Crippen LogP contribution is -2.26. The van der Waals surface area contributed by atoms with Crippen LogP contribution in [0.25, 0.3) is 0 Å². The zero-order chi connectivity index (χ0) is 13.1. The molecule has 5 heteroatoms. The number of carbonyl (C=O) groups excluding carboxylic acids is 1. The van der Waals surface area contributed by atoms with Gasteiger partial charge in [-0.3, -0.25) is 9.89 Å². The highest BCUT2D eigenvalue weighted by molar-refractivity contribution is 5.99. The lowest BCUT2D eigenvalue weighted by molar-refractivity contribution is 0.0786. The quantitative estimate of drug-likeness (QED) is 0.805. The summed E-state index contributed by atoms with van der Waals surface area (Å²) in [6, 6.07) is 5.46. The molecular formula is C13H16N4O. The first-order chi connectivity index (χ1) is 8.58. The van der Waals surface area contributed by atoms with Crippen molar-refractivity contribution in [3.63, 3.8) is 0 Å². The van der Waals surface area contributed by atoms with E-state index in [1.54, 1.807) is 30.4 Å². The van der Waals surface area contributed by atoms with Crippen LogP contribution in [-0.4, -0.2) is 28.1 Å². The highest BCUT2D eigenvalue weighted by Crippen LogP contribution is 2.16. The monoisotopic (exact) mass is 244 g/mol. The molecule has 1 heterocycles. The zero-order valence-corrected chi connectivity index (χ0v) is 10.5. The van der Waals surface area contributed by atoms with E-state index in [1.807, 2.05) is 19.1 Å². The van der Waals surface area contributed by atoms with E-state index in [1.165, 1.54) is 0 Å². The molecule has 1 amide bonds. The van der Waals surface area contributed by atoms with Crippen LogP contribution in [0.1, 0.15) is 21.5 Å². The average molecular weight is 244 g/mol. The van der Waals surface area contributed by atoms with E-state index < -0.39 is 0 Å². The Kier molecular flexibility index (Phi) is 3.32. The fourth-order valence-electron chi connectivity index (χ4n) is 1.77. The zero-order valence-electron chi connectivity index (χ0n) is 10.5. The van der Waals surface area contributed by atoms with Crippen molar-refractivity contribution in [3.05, 3.63) is 47.3 Å². The third-order valence-electron chi connectivity index (χ3n) is 2.76. The summed E-state index contributed by atoms with van der Waals surface area (Å²) in [5.41, 5.74) is 8.86. The van der Waals surface area contributed by atoms with Gasteiger partial charge in [0.05, 0.1) is 11.8 Å². The summed E-state index contributed by atoms with van der Waals surface area (Å²) in [6.07, 6.45) is 3.47. The lowest BCUT2D eigenvalue weighted by Gasteiger charge is -2.17. The molecule has 0 aliphatic heterocycles. The van der Waals surface area contributed by atoms with Gasteiger partial charge >= 0.3 is 0 Å². The van der Waals surface area contributed by atoms with E-state index >= 15 is 0 Å². The molecule has 0 saturated heterocycles. The molecule has 1 aromatic heterocycles. The van der Waals surface area contributed by atoms with Crippen molar-refractivity contribution >= 4 is 11.6 Å². The maximum absolute atomic E-state index is 12.3. The SMILES string of the molecule is Cc1ccc(N)c(C(=O)N(C)Cc2cn[nH]c2)c1. The Labute approximate surface area is 106 Å². The van der Waals surface area contributed by atoms with Gasteiger partial charge < -0.3 is 10.6 Å². The standard InChI is InChI=1S/C13H16N4O/c1-9-3-4-12(14)11(5-9)13(18)17(2)8-10-6-15-16-7-10/h3-7H,8,14H2,1-2H3,(H,15,16). The predicted molar refractivity (Wildman–Crippen MR) is 70.0 cm³/mol. The normalized spacial score (nSPS) is 10.3. The number of nitrogens with two attached hydrogens (primary N) is 1. The van der Waals surface area contributed by atoms with Gasteiger partial charge in [-0.25, -0.2) is 0 Å². The van der Waals surface area contributed by atoms with Gasteiger partial charge in [0.1, 0.15) is 0 Å². The van der Waals surface area contributed by atoms with Crippen LogP contribution in [0.2, 0.25) is 0 Å². The van der Waals surface area contributed by atoms with Gasteiger partial charge in [0.2, 0.25) is 0 Å². The fourth-order valence-corrected chi connectivity index (χ4v) is 1.77. The third-order valence-corrected chi connectivity index (χ3v) is 2.76. The maximum atomic E-state index is 12.3. The summed E-state index contributed by atoms with van der Waals surface area (Å²) in [4.78, 5) is 13.9. The van der Waals surface area contributed by atoms with Crippen molar-refractivity contribution in [3.8, 4) is 0 Å². The van der Waals surface area contributed by atoms with Gasteiger partial charge in [0, 0.05) is 31.0 Å². The van der Waals surface area contributed by atoms with Crippen LogP contribution in [0.5, 0.6) is 0 Å². The first kappa shape index (κ1) is 12.2. The largest absolute Gasteiger partial charge is 0.398 e. The van der Waals surface area contributed by atoms with Crippen molar-refractivity contribution in [1.29, 1.82) is 0 Å². The Bertz CT molecular complexity index is 548. The minimum atomic E-state index is -0.0857. The summed E-state index contributed by atoms with van der Waals surface area (Å²) in [7, 11) is 1.75. The predicted octanol–water partition coefficient (Wildman–Crippen LogP) is 1.57. The highest BCUT2D eigenvalue weighted by Gasteiger charge is 2.15. The number of aromatic amines is 1. The number of aromatic nitrogens is 2. The van der Waals surface area contributed by atoms with Crippen molar-refractivity contribution in [1.82, 2.24) is 15.1 Å². The molecule has 2 aromatic rings. The number of nitrogen functional groups attached to an aromatic ring is 1. The molecule has 94 valence electrons. The molecule has 2 rings (SSSR count). The summed E-state index contributed by atoms with van der Waals surface area (Å²) in [5, 5.41) is 6.57. The molecule has 0 radical (unpaired) electrons. The molecule has 3 N–H and O–H groups in total. The van der Waals surface area contributed by atoms with Crippen LogP contribution in [0.4, 0.5) is 5.69 Å². The smallest absolute Gasteiger partial charge is 0.255 e. The summed E-state index contributed by atoms with van der Waals surface area (Å²) < 4.78 is 0. The Morgan fingerprint density at radius 3 is 2.94 bits per heavy atom. The van der Waals surface area contributed by atoms with Gasteiger partial charge in [0.25, 0.3) is 5.91 Å². The number of rotatable bonds is 3. The molecule has 1 aromatic carbocycles. The minimum absolute atomic E-state index is 0.0857. The number of nitrogens with zero attached hydrogens (tertiary/aromatic N) is 2. The molecule has 0 bridgehead atoms. The van der Waals surface area contributed by atoms with Crippen molar-refractivity contribution in [2.75, 3.05) is 12.8 Å². The van der Waals surface area contributed by atoms with E-state index in [0.717, 1.165) is 11.1 Å². The van der Waals surface area contributed by atoms with E-state index in [9.17, 15) is 4.79 Å². The molecular weight excluding hydrogens is 228 g/mol. The maximum Gasteiger partial charge on any atom is 0.255 e. The van der Waals surface area contributed by atoms with E-state index in [4.69, 9.17) is 5.73 Å². The second-order valence-electron chi connectivity index (χ2n) is 4.36. The van der Waals surface area contributed by atoms with Crippen LogP contribution in [0, 0.1) is 6.92 Å². The number of H-pyrrole nitrogens is 1. The van der Waals surface area contributed by atoms with Gasteiger partial charge in [-0.15, -0.1) is 0 Å². The number of carbonyl (C=O) groups is 1. The van der Waals surface area contributed by atoms with Crippen LogP contribution in [0.15, 0.2) is 30.6 Å². The third kappa shape index (κ3) is 2.51. The Balaban J connectivity index is 2.17. The average Bonchev–Trinajstić information content (AvgIpc) is 2.84. The topological polar surface area (TPSA) is 75.0 Å². The molecule has 0 fully saturated rings. The molecule has 0 aliphatic carbocycles. The fraction of sp³-hybridized carbons (Fsp3) is 0.231. The number of benzene rings is 1. The molecule has 0 spiro atoms. The lowest BCUT2D eigenvalue weighted by atomic mass is 10.1. The van der Waals surface area contributed by atoms with Crippen molar-refractivity contribution in [2.45, 2.75) is 13.5 Å². The molecule has 0 unspecified atom stereocenters. The highest BCUT2D eigenvalue weighted by atomic mass is 16.2. The van der Waals surface area contributed by atoms with E-state index in [-0.39, 0.29) is 5.91 Å². The van der Waals surface area contributed by atoms with Gasteiger partial charge in [-0.1, -0.05) is 11.6 Å². The molecule has 5 nitrogen and oxygen atoms in total. The van der Waals surface area contributed by atoms with Gasteiger partial charge in [0.15, 0.2) is 0 Å². The minimum Gasteiger partial charge on any atom is -0.398 e. The second-order valence-corrected chi connectivity index (χ2v) is 4.36. The number of aryl methyl sites for hydroxylation is 1. The summed E-state index contributed by atoms with van der Waals surface area (Å²) in [6.45, 7) is 2.44. The molecule has 0 saturated carbocycles. The van der Waals surface area contributed by atoms with E-state index in [0.29, 0.717) is 17.8 Å². The van der Waals surface area contributed by atoms with Crippen LogP contribution >= 0.6 is 0 Å². The van der Waals surface area contributed by atoms with Crippen molar-refractivity contribution < 1.29 is 4.79 Å². The first-order valence-corrected chi connectivity index (χ1v) is 5.67. The Morgan fingerprint density at radius 1 is 1.50 bits per heavy atom. The van der Waals surface area contributed by atoms with E-state index in [2.05, 4.69) is 10.2 Å². The summed E-state index contributed by atoms with van der Waals surface area (Å²) >= 11 is 0. The number of hydrogen-bond donors (Lipinski definition) is 2. The molecule has 18 heavy (non-hydrogen) atoms. The molecule has 0 atom stereocenters. The Hall–Kier alpha value is -2.30. The van der Waals surface area contributed by atoms with Gasteiger partial charge in [-0.2, -0.15) is 5.10 Å². The number of nitrogens with one attached hydrogen (secondary N) is 1.